The van der Waals surface area contributed by atoms with Gasteiger partial charge in [-0.1, -0.05) is 46.4 Å². The largest absolute Gasteiger partial charge is 0.278 e. The van der Waals surface area contributed by atoms with Crippen LogP contribution in [0.4, 0.5) is 5.69 Å². The number of hydrogen-bond acceptors (Lipinski definition) is 2. The molecule has 0 saturated heterocycles. The molecule has 0 bridgehead atoms. The zero-order valence-corrected chi connectivity index (χ0v) is 9.53. The molecule has 14 heavy (non-hydrogen) atoms. The molecule has 0 amide bonds. The first-order valence-corrected chi connectivity index (χ1v) is 4.98. The van der Waals surface area contributed by atoms with Gasteiger partial charge in [-0.15, -0.1) is 0 Å². The second-order valence-corrected chi connectivity index (χ2v) is 4.32. The van der Waals surface area contributed by atoms with Crippen LogP contribution in [0.1, 0.15) is 10.4 Å². The van der Waals surface area contributed by atoms with E-state index in [1.165, 1.54) is 6.07 Å². The van der Waals surface area contributed by atoms with Crippen LogP contribution in [0, 0.1) is 10.1 Å². The molecule has 0 spiro atoms. The fourth-order valence-corrected chi connectivity index (χ4v) is 2.10. The van der Waals surface area contributed by atoms with Gasteiger partial charge in [0.1, 0.15) is 4.84 Å². The molecular formula is C7H3Cl4NO2. The predicted octanol–water partition coefficient (Wildman–Crippen LogP) is 4.38. The molecule has 0 aromatic heterocycles. The van der Waals surface area contributed by atoms with Crippen LogP contribution in [0.2, 0.25) is 10.0 Å². The summed E-state index contributed by atoms with van der Waals surface area (Å²) in [4.78, 5) is 8.91. The molecule has 0 unspecified atom stereocenters. The van der Waals surface area contributed by atoms with Gasteiger partial charge in [0, 0.05) is 11.1 Å². The molecule has 0 saturated carbocycles. The molecule has 0 atom stereocenters. The van der Waals surface area contributed by atoms with E-state index in [0.29, 0.717) is 0 Å². The molecule has 0 heterocycles. The van der Waals surface area contributed by atoms with Crippen molar-refractivity contribution in [2.75, 3.05) is 0 Å². The summed E-state index contributed by atoms with van der Waals surface area (Å²) in [5, 5.41) is 10.9. The van der Waals surface area contributed by atoms with Gasteiger partial charge in [-0.3, -0.25) is 10.1 Å². The zero-order chi connectivity index (χ0) is 10.9. The van der Waals surface area contributed by atoms with Crippen LogP contribution in [-0.4, -0.2) is 4.92 Å². The standard InChI is InChI=1S/C7H3Cl4NO2/c8-3-1-4(9)6(7(10)11)5(2-3)12(13)14/h1-2,7H. The minimum atomic E-state index is -1.06. The lowest BCUT2D eigenvalue weighted by atomic mass is 10.2. The molecule has 0 aliphatic carbocycles. The van der Waals surface area contributed by atoms with Gasteiger partial charge in [-0.05, 0) is 6.07 Å². The Balaban J connectivity index is 3.44. The highest BCUT2D eigenvalue weighted by atomic mass is 35.5. The van der Waals surface area contributed by atoms with E-state index in [1.54, 1.807) is 0 Å². The van der Waals surface area contributed by atoms with E-state index in [9.17, 15) is 10.1 Å². The third-order valence-electron chi connectivity index (χ3n) is 1.49. The molecule has 1 rings (SSSR count). The van der Waals surface area contributed by atoms with Gasteiger partial charge < -0.3 is 0 Å². The Morgan fingerprint density at radius 3 is 2.29 bits per heavy atom. The molecule has 7 heteroatoms. The van der Waals surface area contributed by atoms with Crippen LogP contribution < -0.4 is 0 Å². The zero-order valence-electron chi connectivity index (χ0n) is 6.51. The van der Waals surface area contributed by atoms with Gasteiger partial charge in [0.2, 0.25) is 0 Å². The van der Waals surface area contributed by atoms with E-state index in [0.717, 1.165) is 6.07 Å². The molecule has 0 N–H and O–H groups in total. The topological polar surface area (TPSA) is 43.1 Å². The highest BCUT2D eigenvalue weighted by Gasteiger charge is 2.23. The molecule has 1 aromatic carbocycles. The van der Waals surface area contributed by atoms with Crippen molar-refractivity contribution in [3.63, 3.8) is 0 Å². The van der Waals surface area contributed by atoms with Crippen LogP contribution in [0.3, 0.4) is 0 Å². The summed E-state index contributed by atoms with van der Waals surface area (Å²) in [6.45, 7) is 0. The number of rotatable bonds is 2. The van der Waals surface area contributed by atoms with Crippen molar-refractivity contribution < 1.29 is 4.92 Å². The highest BCUT2D eigenvalue weighted by Crippen LogP contribution is 2.39. The fraction of sp³-hybridized carbons (Fsp3) is 0.143. The molecule has 76 valence electrons. The maximum atomic E-state index is 10.6. The number of nitro benzene ring substituents is 1. The van der Waals surface area contributed by atoms with Crippen molar-refractivity contribution in [1.29, 1.82) is 0 Å². The van der Waals surface area contributed by atoms with Gasteiger partial charge in [-0.25, -0.2) is 0 Å². The molecule has 1 aromatic rings. The quantitative estimate of drug-likeness (QED) is 0.456. The van der Waals surface area contributed by atoms with E-state index in [4.69, 9.17) is 46.4 Å². The Bertz CT molecular complexity index is 380. The Labute approximate surface area is 99.7 Å². The Morgan fingerprint density at radius 1 is 1.29 bits per heavy atom. The summed E-state index contributed by atoms with van der Waals surface area (Å²) in [5.41, 5.74) is -0.220. The lowest BCUT2D eigenvalue weighted by Gasteiger charge is -2.05. The Morgan fingerprint density at radius 2 is 1.86 bits per heavy atom. The van der Waals surface area contributed by atoms with Crippen LogP contribution in [0.15, 0.2) is 12.1 Å². The molecule has 0 fully saturated rings. The number of hydrogen-bond donors (Lipinski definition) is 0. The van der Waals surface area contributed by atoms with Crippen molar-refractivity contribution in [3.8, 4) is 0 Å². The molecular weight excluding hydrogens is 272 g/mol. The lowest BCUT2D eigenvalue weighted by Crippen LogP contribution is -1.96. The summed E-state index contributed by atoms with van der Waals surface area (Å²) in [6, 6.07) is 2.50. The van der Waals surface area contributed by atoms with E-state index in [1.807, 2.05) is 0 Å². The summed E-state index contributed by atoms with van der Waals surface area (Å²) in [6.07, 6.45) is 0. The predicted molar refractivity (Wildman–Crippen MR) is 57.6 cm³/mol. The molecule has 3 nitrogen and oxygen atoms in total. The average molecular weight is 275 g/mol. The molecule has 0 radical (unpaired) electrons. The van der Waals surface area contributed by atoms with Crippen LogP contribution >= 0.6 is 46.4 Å². The second-order valence-electron chi connectivity index (χ2n) is 2.38. The number of benzene rings is 1. The number of alkyl halides is 2. The minimum absolute atomic E-state index is 0.0596. The van der Waals surface area contributed by atoms with Crippen LogP contribution in [-0.2, 0) is 0 Å². The van der Waals surface area contributed by atoms with E-state index < -0.39 is 9.76 Å². The SMILES string of the molecule is O=[N+]([O-])c1cc(Cl)cc(Cl)c1C(Cl)Cl. The van der Waals surface area contributed by atoms with Gasteiger partial charge in [0.25, 0.3) is 5.69 Å². The average Bonchev–Trinajstić information content (AvgIpc) is 2.01. The fourth-order valence-electron chi connectivity index (χ4n) is 0.938. The maximum absolute atomic E-state index is 10.6. The number of nitro groups is 1. The first-order chi connectivity index (χ1) is 6.43. The van der Waals surface area contributed by atoms with Crippen molar-refractivity contribution in [2.45, 2.75) is 4.84 Å². The summed E-state index contributed by atoms with van der Waals surface area (Å²) < 4.78 is 0. The second kappa shape index (κ2) is 4.53. The molecule has 0 aliphatic heterocycles. The van der Waals surface area contributed by atoms with Crippen molar-refractivity contribution in [3.05, 3.63) is 37.9 Å². The van der Waals surface area contributed by atoms with Gasteiger partial charge in [0.15, 0.2) is 0 Å². The van der Waals surface area contributed by atoms with E-state index in [-0.39, 0.29) is 21.3 Å². The van der Waals surface area contributed by atoms with E-state index >= 15 is 0 Å². The summed E-state index contributed by atoms with van der Waals surface area (Å²) in [5.74, 6) is 0. The third-order valence-corrected chi connectivity index (χ3v) is 2.45. The smallest absolute Gasteiger partial charge is 0.258 e. The van der Waals surface area contributed by atoms with Crippen molar-refractivity contribution in [1.82, 2.24) is 0 Å². The lowest BCUT2D eigenvalue weighted by molar-refractivity contribution is -0.385. The minimum Gasteiger partial charge on any atom is -0.258 e. The number of nitrogens with zero attached hydrogens (tertiary/aromatic N) is 1. The first-order valence-electron chi connectivity index (χ1n) is 3.35. The van der Waals surface area contributed by atoms with Gasteiger partial charge in [0.05, 0.1) is 15.5 Å². The van der Waals surface area contributed by atoms with Crippen LogP contribution in [0.5, 0.6) is 0 Å². The van der Waals surface area contributed by atoms with Crippen molar-refractivity contribution in [2.24, 2.45) is 0 Å². The van der Waals surface area contributed by atoms with Gasteiger partial charge >= 0.3 is 0 Å². The summed E-state index contributed by atoms with van der Waals surface area (Å²) in [7, 11) is 0. The monoisotopic (exact) mass is 273 g/mol. The van der Waals surface area contributed by atoms with E-state index in [2.05, 4.69) is 0 Å². The maximum Gasteiger partial charge on any atom is 0.278 e. The third kappa shape index (κ3) is 2.42. The first kappa shape index (κ1) is 11.9. The van der Waals surface area contributed by atoms with Crippen LogP contribution in [0.25, 0.3) is 0 Å². The Hall–Kier alpha value is -0.220. The van der Waals surface area contributed by atoms with Crippen molar-refractivity contribution >= 4 is 52.1 Å². The highest BCUT2D eigenvalue weighted by molar-refractivity contribution is 6.46. The number of halogens is 4. The normalized spacial score (nSPS) is 10.6. The summed E-state index contributed by atoms with van der Waals surface area (Å²) >= 11 is 22.4. The Kier molecular flexibility index (Phi) is 3.84. The molecule has 0 aliphatic rings. The van der Waals surface area contributed by atoms with Gasteiger partial charge in [-0.2, -0.15) is 0 Å².